The molecule has 0 atom stereocenters. The van der Waals surface area contributed by atoms with Crippen molar-refractivity contribution in [1.82, 2.24) is 15.2 Å². The molecule has 7 nitrogen and oxygen atoms in total. The van der Waals surface area contributed by atoms with Gasteiger partial charge in [-0.2, -0.15) is 5.10 Å². The Morgan fingerprint density at radius 2 is 1.74 bits per heavy atom. The van der Waals surface area contributed by atoms with Crippen molar-refractivity contribution in [2.45, 2.75) is 6.54 Å². The predicted molar refractivity (Wildman–Crippen MR) is 104 cm³/mol. The highest BCUT2D eigenvalue weighted by atomic mass is 16.3. The van der Waals surface area contributed by atoms with Gasteiger partial charge in [-0.1, -0.05) is 30.3 Å². The Morgan fingerprint density at radius 1 is 1.04 bits per heavy atom. The monoisotopic (exact) mass is 368 g/mol. The summed E-state index contributed by atoms with van der Waals surface area (Å²) >= 11 is 0. The molecule has 0 bridgehead atoms. The van der Waals surface area contributed by atoms with Gasteiger partial charge in [-0.3, -0.25) is 14.6 Å². The third-order valence-electron chi connectivity index (χ3n) is 4.49. The van der Waals surface area contributed by atoms with E-state index >= 15 is 0 Å². The van der Waals surface area contributed by atoms with Gasteiger partial charge in [0.1, 0.15) is 11.5 Å². The summed E-state index contributed by atoms with van der Waals surface area (Å²) in [6, 6.07) is 14.6. The van der Waals surface area contributed by atoms with Gasteiger partial charge in [0.15, 0.2) is 0 Å². The summed E-state index contributed by atoms with van der Waals surface area (Å²) in [7, 11) is 0. The summed E-state index contributed by atoms with van der Waals surface area (Å²) in [5, 5.41) is 22.8. The maximum Gasteiger partial charge on any atom is 0.254 e. The molecule has 7 heteroatoms. The molecule has 2 aromatic rings. The number of carbonyl (C=O) groups excluding carboxylic acids is 1. The molecule has 0 aromatic heterocycles. The topological polar surface area (TPSA) is 88.4 Å². The van der Waals surface area contributed by atoms with Crippen LogP contribution in [0.3, 0.4) is 0 Å². The number of phenols is 2. The number of hydrogen-bond acceptors (Lipinski definition) is 6. The lowest BCUT2D eigenvalue weighted by Crippen LogP contribution is -2.48. The molecule has 1 aliphatic rings. The molecule has 0 unspecified atom stereocenters. The zero-order chi connectivity index (χ0) is 19.1. The lowest BCUT2D eigenvalue weighted by atomic mass is 10.2. The molecular formula is C20H24N4O3. The Hall–Kier alpha value is -2.90. The van der Waals surface area contributed by atoms with Crippen LogP contribution in [0.4, 0.5) is 0 Å². The van der Waals surface area contributed by atoms with Gasteiger partial charge in [0.05, 0.1) is 12.8 Å². The Morgan fingerprint density at radius 3 is 2.44 bits per heavy atom. The summed E-state index contributed by atoms with van der Waals surface area (Å²) in [5.74, 6) is -0.316. The summed E-state index contributed by atoms with van der Waals surface area (Å²) in [6.07, 6.45) is 1.35. The number of hydrazone groups is 1. The van der Waals surface area contributed by atoms with E-state index in [1.807, 2.05) is 18.2 Å². The minimum atomic E-state index is -0.193. The fraction of sp³-hybridized carbons (Fsp3) is 0.300. The fourth-order valence-corrected chi connectivity index (χ4v) is 3.00. The fourth-order valence-electron chi connectivity index (χ4n) is 3.00. The predicted octanol–water partition coefficient (Wildman–Crippen LogP) is 1.37. The lowest BCUT2D eigenvalue weighted by molar-refractivity contribution is -0.122. The van der Waals surface area contributed by atoms with Crippen LogP contribution in [0.25, 0.3) is 0 Å². The molecule has 27 heavy (non-hydrogen) atoms. The Bertz CT molecular complexity index is 787. The van der Waals surface area contributed by atoms with Crippen LogP contribution >= 0.6 is 0 Å². The van der Waals surface area contributed by atoms with E-state index < -0.39 is 0 Å². The van der Waals surface area contributed by atoms with Gasteiger partial charge < -0.3 is 10.2 Å². The molecular weight excluding hydrogens is 344 g/mol. The number of hydrogen-bond donors (Lipinski definition) is 3. The van der Waals surface area contributed by atoms with Gasteiger partial charge in [-0.05, 0) is 17.7 Å². The van der Waals surface area contributed by atoms with Gasteiger partial charge in [0.25, 0.3) is 5.91 Å². The van der Waals surface area contributed by atoms with Crippen LogP contribution in [0.15, 0.2) is 53.6 Å². The van der Waals surface area contributed by atoms with Crippen molar-refractivity contribution in [1.29, 1.82) is 0 Å². The molecule has 142 valence electrons. The second-order valence-electron chi connectivity index (χ2n) is 6.57. The van der Waals surface area contributed by atoms with E-state index in [9.17, 15) is 15.0 Å². The SMILES string of the molecule is O=C(CN1CCN(Cc2ccccc2)CC1)N/N=C\c1ccc(O)cc1O. The Kier molecular flexibility index (Phi) is 6.40. The Labute approximate surface area is 158 Å². The number of phenolic OH excluding ortho intramolecular Hbond substituents is 2. The van der Waals surface area contributed by atoms with Crippen molar-refractivity contribution < 1.29 is 15.0 Å². The highest BCUT2D eigenvalue weighted by Crippen LogP contribution is 2.20. The second kappa shape index (κ2) is 9.16. The first-order valence-corrected chi connectivity index (χ1v) is 8.93. The van der Waals surface area contributed by atoms with Gasteiger partial charge in [-0.15, -0.1) is 0 Å². The smallest absolute Gasteiger partial charge is 0.254 e. The number of carbonyl (C=O) groups is 1. The van der Waals surface area contributed by atoms with Crippen molar-refractivity contribution in [2.75, 3.05) is 32.7 Å². The molecule has 0 aliphatic carbocycles. The minimum Gasteiger partial charge on any atom is -0.508 e. The molecule has 3 N–H and O–H groups in total. The van der Waals surface area contributed by atoms with Crippen LogP contribution in [0.1, 0.15) is 11.1 Å². The molecule has 1 aliphatic heterocycles. The highest BCUT2D eigenvalue weighted by molar-refractivity contribution is 5.85. The number of rotatable bonds is 6. The normalized spacial score (nSPS) is 15.9. The average molecular weight is 368 g/mol. The summed E-state index contributed by atoms with van der Waals surface area (Å²) in [5.41, 5.74) is 4.19. The minimum absolute atomic E-state index is 0.0277. The maximum absolute atomic E-state index is 12.0. The zero-order valence-corrected chi connectivity index (χ0v) is 15.1. The first-order valence-electron chi connectivity index (χ1n) is 8.93. The zero-order valence-electron chi connectivity index (χ0n) is 15.1. The first kappa shape index (κ1) is 18.9. The van der Waals surface area contributed by atoms with Crippen molar-refractivity contribution in [3.8, 4) is 11.5 Å². The van der Waals surface area contributed by atoms with Crippen LogP contribution in [0, 0.1) is 0 Å². The molecule has 1 fully saturated rings. The van der Waals surface area contributed by atoms with Crippen LogP contribution in [0.2, 0.25) is 0 Å². The van der Waals surface area contributed by atoms with E-state index in [4.69, 9.17) is 0 Å². The number of amides is 1. The average Bonchev–Trinajstić information content (AvgIpc) is 2.66. The number of nitrogens with zero attached hydrogens (tertiary/aromatic N) is 3. The maximum atomic E-state index is 12.0. The van der Waals surface area contributed by atoms with Crippen molar-refractivity contribution in [2.24, 2.45) is 5.10 Å². The van der Waals surface area contributed by atoms with Crippen molar-refractivity contribution in [3.63, 3.8) is 0 Å². The Balaban J connectivity index is 1.39. The van der Waals surface area contributed by atoms with Gasteiger partial charge >= 0.3 is 0 Å². The third kappa shape index (κ3) is 5.80. The van der Waals surface area contributed by atoms with Crippen LogP contribution in [-0.4, -0.2) is 64.9 Å². The van der Waals surface area contributed by atoms with E-state index in [2.05, 4.69) is 32.5 Å². The number of nitrogens with one attached hydrogen (secondary N) is 1. The molecule has 3 rings (SSSR count). The van der Waals surface area contributed by atoms with Crippen LogP contribution in [-0.2, 0) is 11.3 Å². The first-order chi connectivity index (χ1) is 13.1. The molecule has 0 radical (unpaired) electrons. The lowest BCUT2D eigenvalue weighted by Gasteiger charge is -2.34. The molecule has 1 heterocycles. The quantitative estimate of drug-likeness (QED) is 0.529. The summed E-state index contributed by atoms with van der Waals surface area (Å²) in [6.45, 7) is 4.74. The largest absolute Gasteiger partial charge is 0.508 e. The second-order valence-corrected chi connectivity index (χ2v) is 6.57. The van der Waals surface area contributed by atoms with Crippen LogP contribution in [0.5, 0.6) is 11.5 Å². The van der Waals surface area contributed by atoms with Crippen molar-refractivity contribution in [3.05, 3.63) is 59.7 Å². The number of benzene rings is 2. The van der Waals surface area contributed by atoms with Crippen molar-refractivity contribution >= 4 is 12.1 Å². The van der Waals surface area contributed by atoms with Gasteiger partial charge in [0.2, 0.25) is 0 Å². The molecule has 1 amide bonds. The van der Waals surface area contributed by atoms with Gasteiger partial charge in [0, 0.05) is 44.4 Å². The molecule has 2 aromatic carbocycles. The van der Waals surface area contributed by atoms with E-state index in [1.54, 1.807) is 0 Å². The number of piperazine rings is 1. The highest BCUT2D eigenvalue weighted by Gasteiger charge is 2.18. The van der Waals surface area contributed by atoms with Crippen LogP contribution < -0.4 is 5.43 Å². The molecule has 1 saturated heterocycles. The summed E-state index contributed by atoms with van der Waals surface area (Å²) in [4.78, 5) is 16.5. The van der Waals surface area contributed by atoms with E-state index in [0.717, 1.165) is 32.7 Å². The third-order valence-corrected chi connectivity index (χ3v) is 4.49. The van der Waals surface area contributed by atoms with E-state index in [-0.39, 0.29) is 24.0 Å². The molecule has 0 saturated carbocycles. The summed E-state index contributed by atoms with van der Waals surface area (Å²) < 4.78 is 0. The number of aromatic hydroxyl groups is 2. The van der Waals surface area contributed by atoms with E-state index in [1.165, 1.54) is 30.0 Å². The van der Waals surface area contributed by atoms with Gasteiger partial charge in [-0.25, -0.2) is 5.43 Å². The standard InChI is InChI=1S/C20H24N4O3/c25-18-7-6-17(19(26)12-18)13-21-22-20(27)15-24-10-8-23(9-11-24)14-16-4-2-1-3-5-16/h1-7,12-13,25-26H,8-11,14-15H2,(H,22,27)/b21-13-. The van der Waals surface area contributed by atoms with E-state index in [0.29, 0.717) is 5.56 Å². The molecule has 0 spiro atoms.